The molecule has 0 radical (unpaired) electrons. The molecule has 1 heterocycles. The number of hydrogen-bond donors (Lipinski definition) is 1. The summed E-state index contributed by atoms with van der Waals surface area (Å²) in [5.74, 6) is 0.635. The summed E-state index contributed by atoms with van der Waals surface area (Å²) in [5, 5.41) is 6.26. The van der Waals surface area contributed by atoms with Gasteiger partial charge in [-0.2, -0.15) is 0 Å². The summed E-state index contributed by atoms with van der Waals surface area (Å²) in [6, 6.07) is 8.64. The highest BCUT2D eigenvalue weighted by molar-refractivity contribution is 6.01. The normalized spacial score (nSPS) is 10.7. The molecule has 0 atom stereocenters. The van der Waals surface area contributed by atoms with Crippen molar-refractivity contribution in [2.24, 2.45) is 0 Å². The Morgan fingerprint density at radius 3 is 2.45 bits per heavy atom. The number of aromatic nitrogens is 1. The van der Waals surface area contributed by atoms with Gasteiger partial charge in [0.2, 0.25) is 5.91 Å². The quantitative estimate of drug-likeness (QED) is 0.879. The standard InChI is InChI=1S/C16H17N3O3/c1-11-10-14(18-22-11)17-15(20)9-6-12-4-7-13(8-5-12)16(21)19(2)3/h4-10H,1-3H3,(H,17,18,20)/b9-6+. The number of carbonyl (C=O) groups is 2. The number of hydrogen-bond acceptors (Lipinski definition) is 4. The Hall–Kier alpha value is -2.89. The monoisotopic (exact) mass is 299 g/mol. The second-order valence-corrected chi connectivity index (χ2v) is 4.97. The molecule has 1 aromatic heterocycles. The van der Waals surface area contributed by atoms with E-state index in [2.05, 4.69) is 10.5 Å². The smallest absolute Gasteiger partial charge is 0.253 e. The van der Waals surface area contributed by atoms with Crippen LogP contribution < -0.4 is 5.32 Å². The Morgan fingerprint density at radius 1 is 1.23 bits per heavy atom. The Bertz CT molecular complexity index is 700. The van der Waals surface area contributed by atoms with Gasteiger partial charge in [0.1, 0.15) is 5.76 Å². The first kappa shape index (κ1) is 15.5. The van der Waals surface area contributed by atoms with Crippen molar-refractivity contribution in [2.45, 2.75) is 6.92 Å². The van der Waals surface area contributed by atoms with Crippen molar-refractivity contribution < 1.29 is 14.1 Å². The van der Waals surface area contributed by atoms with Crippen molar-refractivity contribution in [3.8, 4) is 0 Å². The molecule has 0 aliphatic carbocycles. The molecule has 1 N–H and O–H groups in total. The summed E-state index contributed by atoms with van der Waals surface area (Å²) in [4.78, 5) is 25.0. The Morgan fingerprint density at radius 2 is 1.91 bits per heavy atom. The Labute approximate surface area is 128 Å². The van der Waals surface area contributed by atoms with Crippen LogP contribution in [0.25, 0.3) is 6.08 Å². The molecule has 0 saturated heterocycles. The predicted molar refractivity (Wildman–Crippen MR) is 83.4 cm³/mol. The first-order valence-electron chi connectivity index (χ1n) is 6.70. The highest BCUT2D eigenvalue weighted by Crippen LogP contribution is 2.09. The summed E-state index contributed by atoms with van der Waals surface area (Å²) >= 11 is 0. The molecule has 2 amide bonds. The number of carbonyl (C=O) groups excluding carboxylic acids is 2. The van der Waals surface area contributed by atoms with Crippen molar-refractivity contribution >= 4 is 23.7 Å². The average Bonchev–Trinajstić information content (AvgIpc) is 2.90. The maximum atomic E-state index is 11.8. The maximum Gasteiger partial charge on any atom is 0.253 e. The van der Waals surface area contributed by atoms with Crippen molar-refractivity contribution in [2.75, 3.05) is 19.4 Å². The van der Waals surface area contributed by atoms with Crippen LogP contribution in [-0.4, -0.2) is 36.0 Å². The topological polar surface area (TPSA) is 75.4 Å². The zero-order valence-corrected chi connectivity index (χ0v) is 12.7. The average molecular weight is 299 g/mol. The Kier molecular flexibility index (Phi) is 4.73. The number of amides is 2. The van der Waals surface area contributed by atoms with Crippen LogP contribution in [0.5, 0.6) is 0 Å². The fraction of sp³-hybridized carbons (Fsp3) is 0.188. The molecule has 1 aromatic carbocycles. The maximum absolute atomic E-state index is 11.8. The lowest BCUT2D eigenvalue weighted by Crippen LogP contribution is -2.21. The third-order valence-corrected chi connectivity index (χ3v) is 2.87. The van der Waals surface area contributed by atoms with Gasteiger partial charge in [-0.25, -0.2) is 0 Å². The predicted octanol–water partition coefficient (Wildman–Crippen LogP) is 2.34. The van der Waals surface area contributed by atoms with Crippen molar-refractivity contribution in [3.05, 3.63) is 53.3 Å². The van der Waals surface area contributed by atoms with E-state index in [4.69, 9.17) is 4.52 Å². The first-order valence-corrected chi connectivity index (χ1v) is 6.70. The number of anilines is 1. The van der Waals surface area contributed by atoms with E-state index in [1.165, 1.54) is 11.0 Å². The van der Waals surface area contributed by atoms with E-state index in [1.54, 1.807) is 57.4 Å². The molecule has 0 bridgehead atoms. The lowest BCUT2D eigenvalue weighted by atomic mass is 10.1. The van der Waals surface area contributed by atoms with Gasteiger partial charge in [-0.15, -0.1) is 0 Å². The minimum atomic E-state index is -0.304. The van der Waals surface area contributed by atoms with E-state index in [0.717, 1.165) is 5.56 Å². The molecular formula is C16H17N3O3. The summed E-state index contributed by atoms with van der Waals surface area (Å²) in [6.45, 7) is 1.75. The minimum absolute atomic E-state index is 0.0605. The van der Waals surface area contributed by atoms with Crippen LogP contribution in [0.3, 0.4) is 0 Å². The van der Waals surface area contributed by atoms with Gasteiger partial charge in [0.05, 0.1) is 0 Å². The minimum Gasteiger partial charge on any atom is -0.360 e. The van der Waals surface area contributed by atoms with Crippen LogP contribution in [0.2, 0.25) is 0 Å². The number of benzene rings is 1. The van der Waals surface area contributed by atoms with Gasteiger partial charge in [-0.1, -0.05) is 17.3 Å². The summed E-state index contributed by atoms with van der Waals surface area (Å²) in [6.07, 6.45) is 3.05. The zero-order chi connectivity index (χ0) is 16.1. The third-order valence-electron chi connectivity index (χ3n) is 2.87. The van der Waals surface area contributed by atoms with Gasteiger partial charge in [0.25, 0.3) is 5.91 Å². The number of nitrogens with one attached hydrogen (secondary N) is 1. The summed E-state index contributed by atoms with van der Waals surface area (Å²) in [7, 11) is 3.40. The molecule has 0 spiro atoms. The van der Waals surface area contributed by atoms with E-state index in [1.807, 2.05) is 0 Å². The molecule has 0 saturated carbocycles. The van der Waals surface area contributed by atoms with Crippen LogP contribution in [0.1, 0.15) is 21.7 Å². The largest absolute Gasteiger partial charge is 0.360 e. The lowest BCUT2D eigenvalue weighted by Gasteiger charge is -2.09. The van der Waals surface area contributed by atoms with Gasteiger partial charge in [-0.05, 0) is 30.7 Å². The molecule has 2 rings (SSSR count). The van der Waals surface area contributed by atoms with Crippen LogP contribution in [-0.2, 0) is 4.79 Å². The zero-order valence-electron chi connectivity index (χ0n) is 12.7. The van der Waals surface area contributed by atoms with Gasteiger partial charge >= 0.3 is 0 Å². The molecule has 114 valence electrons. The van der Waals surface area contributed by atoms with E-state index in [-0.39, 0.29) is 11.8 Å². The molecule has 0 aliphatic heterocycles. The van der Waals surface area contributed by atoms with Gasteiger partial charge < -0.3 is 14.7 Å². The molecular weight excluding hydrogens is 282 g/mol. The molecule has 6 heteroatoms. The van der Waals surface area contributed by atoms with Crippen molar-refractivity contribution in [1.82, 2.24) is 10.1 Å². The van der Waals surface area contributed by atoms with Crippen LogP contribution in [0.15, 0.2) is 40.9 Å². The van der Waals surface area contributed by atoms with Crippen LogP contribution in [0, 0.1) is 6.92 Å². The molecule has 0 aliphatic rings. The van der Waals surface area contributed by atoms with Crippen molar-refractivity contribution in [3.63, 3.8) is 0 Å². The van der Waals surface area contributed by atoms with Gasteiger partial charge in [0, 0.05) is 31.8 Å². The lowest BCUT2D eigenvalue weighted by molar-refractivity contribution is -0.111. The van der Waals surface area contributed by atoms with Gasteiger partial charge in [0.15, 0.2) is 5.82 Å². The van der Waals surface area contributed by atoms with Crippen molar-refractivity contribution in [1.29, 1.82) is 0 Å². The SMILES string of the molecule is Cc1cc(NC(=O)/C=C/c2ccc(C(=O)N(C)C)cc2)no1. The second-order valence-electron chi connectivity index (χ2n) is 4.97. The summed E-state index contributed by atoms with van der Waals surface area (Å²) < 4.78 is 4.86. The van der Waals surface area contributed by atoms with Gasteiger partial charge in [-0.3, -0.25) is 9.59 Å². The highest BCUT2D eigenvalue weighted by Gasteiger charge is 2.06. The first-order chi connectivity index (χ1) is 10.5. The Balaban J connectivity index is 1.98. The number of nitrogens with zero attached hydrogens (tertiary/aromatic N) is 2. The third kappa shape index (κ3) is 4.05. The molecule has 2 aromatic rings. The molecule has 0 fully saturated rings. The van der Waals surface area contributed by atoms with Crippen LogP contribution >= 0.6 is 0 Å². The van der Waals surface area contributed by atoms with E-state index >= 15 is 0 Å². The fourth-order valence-electron chi connectivity index (χ4n) is 1.76. The van der Waals surface area contributed by atoms with E-state index < -0.39 is 0 Å². The van der Waals surface area contributed by atoms with E-state index in [0.29, 0.717) is 17.1 Å². The molecule has 6 nitrogen and oxygen atoms in total. The van der Waals surface area contributed by atoms with Crippen LogP contribution in [0.4, 0.5) is 5.82 Å². The molecule has 0 unspecified atom stereocenters. The fourth-order valence-corrected chi connectivity index (χ4v) is 1.76. The molecule has 22 heavy (non-hydrogen) atoms. The highest BCUT2D eigenvalue weighted by atomic mass is 16.5. The van der Waals surface area contributed by atoms with E-state index in [9.17, 15) is 9.59 Å². The number of rotatable bonds is 4. The number of aryl methyl sites for hydroxylation is 1. The summed E-state index contributed by atoms with van der Waals surface area (Å²) in [5.41, 5.74) is 1.42. The second kappa shape index (κ2) is 6.71.